The minimum Gasteiger partial charge on any atom is -0.444 e. The predicted octanol–water partition coefficient (Wildman–Crippen LogP) is 3.75. The van der Waals surface area contributed by atoms with E-state index in [1.165, 1.54) is 12.6 Å². The zero-order valence-electron chi connectivity index (χ0n) is 10.8. The van der Waals surface area contributed by atoms with E-state index in [-0.39, 0.29) is 5.91 Å². The number of nitrogens with zero attached hydrogens (tertiary/aromatic N) is 2. The number of rotatable bonds is 3. The molecule has 0 bridgehead atoms. The monoisotopic (exact) mass is 343 g/mol. The summed E-state index contributed by atoms with van der Waals surface area (Å²) in [4.78, 5) is 19.9. The molecule has 0 atom stereocenters. The van der Waals surface area contributed by atoms with Crippen LogP contribution < -0.4 is 5.32 Å². The third-order valence-corrected chi connectivity index (χ3v) is 3.32. The van der Waals surface area contributed by atoms with Crippen LogP contribution in [0.15, 0.2) is 64.2 Å². The van der Waals surface area contributed by atoms with Gasteiger partial charge in [-0.05, 0) is 52.3 Å². The average Bonchev–Trinajstić information content (AvgIpc) is 3.03. The van der Waals surface area contributed by atoms with Crippen LogP contribution in [-0.2, 0) is 0 Å². The summed E-state index contributed by atoms with van der Waals surface area (Å²) in [5, 5.41) is 2.81. The number of hydrogen-bond donors (Lipinski definition) is 1. The fourth-order valence-corrected chi connectivity index (χ4v) is 2.02. The Bertz CT molecular complexity index is 738. The third kappa shape index (κ3) is 3.17. The molecule has 6 heteroatoms. The minimum absolute atomic E-state index is 0.206. The maximum Gasteiger partial charge on any atom is 0.257 e. The van der Waals surface area contributed by atoms with E-state index in [4.69, 9.17) is 4.42 Å². The summed E-state index contributed by atoms with van der Waals surface area (Å²) in [6.45, 7) is 0. The van der Waals surface area contributed by atoms with E-state index in [0.29, 0.717) is 21.6 Å². The largest absolute Gasteiger partial charge is 0.444 e. The van der Waals surface area contributed by atoms with Gasteiger partial charge in [-0.1, -0.05) is 0 Å². The molecule has 0 spiro atoms. The number of oxazole rings is 1. The zero-order valence-corrected chi connectivity index (χ0v) is 12.4. The summed E-state index contributed by atoms with van der Waals surface area (Å²) in [7, 11) is 0. The predicted molar refractivity (Wildman–Crippen MR) is 81.8 cm³/mol. The molecule has 0 fully saturated rings. The lowest BCUT2D eigenvalue weighted by molar-refractivity contribution is 0.102. The van der Waals surface area contributed by atoms with E-state index in [2.05, 4.69) is 31.2 Å². The number of hydrogen-bond acceptors (Lipinski definition) is 4. The topological polar surface area (TPSA) is 68.0 Å². The Hall–Kier alpha value is -2.47. The smallest absolute Gasteiger partial charge is 0.257 e. The Morgan fingerprint density at radius 2 is 1.90 bits per heavy atom. The van der Waals surface area contributed by atoms with E-state index >= 15 is 0 Å². The first-order valence-electron chi connectivity index (χ1n) is 6.14. The number of nitrogens with one attached hydrogen (secondary N) is 1. The van der Waals surface area contributed by atoms with Crippen LogP contribution >= 0.6 is 15.9 Å². The highest BCUT2D eigenvalue weighted by atomic mass is 79.9. The molecule has 104 valence electrons. The lowest BCUT2D eigenvalue weighted by Crippen LogP contribution is -2.11. The standard InChI is InChI=1S/C15H10BrN3O2/c16-14-6-3-11(7-18-14)15(20)19-12-4-1-10(2-5-12)13-8-17-9-21-13/h1-9H,(H,19,20). The maximum absolute atomic E-state index is 12.0. The lowest BCUT2D eigenvalue weighted by atomic mass is 10.1. The van der Waals surface area contributed by atoms with Crippen molar-refractivity contribution in [1.82, 2.24) is 9.97 Å². The second-order valence-electron chi connectivity index (χ2n) is 4.27. The Morgan fingerprint density at radius 3 is 2.52 bits per heavy atom. The maximum atomic E-state index is 12.0. The second kappa shape index (κ2) is 5.88. The lowest BCUT2D eigenvalue weighted by Gasteiger charge is -2.05. The number of carbonyl (C=O) groups excluding carboxylic acids is 1. The summed E-state index contributed by atoms with van der Waals surface area (Å²) in [5.41, 5.74) is 2.10. The first-order valence-corrected chi connectivity index (χ1v) is 6.93. The van der Waals surface area contributed by atoms with Gasteiger partial charge in [0.05, 0.1) is 11.8 Å². The van der Waals surface area contributed by atoms with Crippen LogP contribution in [0.5, 0.6) is 0 Å². The average molecular weight is 344 g/mol. The normalized spacial score (nSPS) is 10.3. The van der Waals surface area contributed by atoms with E-state index < -0.39 is 0 Å². The summed E-state index contributed by atoms with van der Waals surface area (Å²) < 4.78 is 5.90. The summed E-state index contributed by atoms with van der Waals surface area (Å²) in [5.74, 6) is 0.479. The Kier molecular flexibility index (Phi) is 3.79. The molecule has 2 aromatic heterocycles. The number of halogens is 1. The van der Waals surface area contributed by atoms with E-state index in [0.717, 1.165) is 5.56 Å². The number of amides is 1. The van der Waals surface area contributed by atoms with Crippen molar-refractivity contribution in [3.05, 3.63) is 65.4 Å². The molecular weight excluding hydrogens is 334 g/mol. The Morgan fingerprint density at radius 1 is 1.10 bits per heavy atom. The number of pyridine rings is 1. The Balaban J connectivity index is 1.73. The summed E-state index contributed by atoms with van der Waals surface area (Å²) >= 11 is 3.23. The van der Waals surface area contributed by atoms with Crippen molar-refractivity contribution in [1.29, 1.82) is 0 Å². The van der Waals surface area contributed by atoms with Gasteiger partial charge in [0.1, 0.15) is 4.60 Å². The zero-order chi connectivity index (χ0) is 14.7. The van der Waals surface area contributed by atoms with Crippen molar-refractivity contribution in [2.75, 3.05) is 5.32 Å². The highest BCUT2D eigenvalue weighted by Gasteiger charge is 2.07. The van der Waals surface area contributed by atoms with Crippen LogP contribution in [-0.4, -0.2) is 15.9 Å². The van der Waals surface area contributed by atoms with Crippen molar-refractivity contribution >= 4 is 27.5 Å². The quantitative estimate of drug-likeness (QED) is 0.735. The van der Waals surface area contributed by atoms with Crippen LogP contribution in [0.2, 0.25) is 0 Å². The van der Waals surface area contributed by atoms with Crippen LogP contribution in [0.1, 0.15) is 10.4 Å². The van der Waals surface area contributed by atoms with Gasteiger partial charge in [-0.25, -0.2) is 9.97 Å². The van der Waals surface area contributed by atoms with Crippen molar-refractivity contribution in [2.24, 2.45) is 0 Å². The van der Waals surface area contributed by atoms with Gasteiger partial charge in [0.2, 0.25) is 0 Å². The molecule has 1 N–H and O–H groups in total. The van der Waals surface area contributed by atoms with Crippen LogP contribution in [0, 0.1) is 0 Å². The van der Waals surface area contributed by atoms with E-state index in [1.54, 1.807) is 18.3 Å². The van der Waals surface area contributed by atoms with Gasteiger partial charge >= 0.3 is 0 Å². The summed E-state index contributed by atoms with van der Waals surface area (Å²) in [6.07, 6.45) is 4.54. The number of aromatic nitrogens is 2. The molecule has 5 nitrogen and oxygen atoms in total. The van der Waals surface area contributed by atoms with Crippen LogP contribution in [0.25, 0.3) is 11.3 Å². The molecule has 0 aliphatic heterocycles. The molecule has 2 heterocycles. The fraction of sp³-hybridized carbons (Fsp3) is 0. The van der Waals surface area contributed by atoms with Gasteiger partial charge in [-0.2, -0.15) is 0 Å². The molecule has 0 radical (unpaired) electrons. The first-order chi connectivity index (χ1) is 10.2. The minimum atomic E-state index is -0.206. The van der Waals surface area contributed by atoms with E-state index in [9.17, 15) is 4.79 Å². The fourth-order valence-electron chi connectivity index (χ4n) is 1.79. The molecule has 1 amide bonds. The van der Waals surface area contributed by atoms with Gasteiger partial charge in [-0.3, -0.25) is 4.79 Å². The summed E-state index contributed by atoms with van der Waals surface area (Å²) in [6, 6.07) is 10.8. The van der Waals surface area contributed by atoms with Crippen LogP contribution in [0.3, 0.4) is 0 Å². The molecule has 0 saturated carbocycles. The SMILES string of the molecule is O=C(Nc1ccc(-c2cnco2)cc1)c1ccc(Br)nc1. The van der Waals surface area contributed by atoms with Gasteiger partial charge < -0.3 is 9.73 Å². The molecular formula is C15H10BrN3O2. The van der Waals surface area contributed by atoms with Crippen molar-refractivity contribution in [3.63, 3.8) is 0 Å². The number of carbonyl (C=O) groups is 1. The highest BCUT2D eigenvalue weighted by Crippen LogP contribution is 2.21. The van der Waals surface area contributed by atoms with Gasteiger partial charge in [0.15, 0.2) is 12.2 Å². The molecule has 3 aromatic rings. The number of anilines is 1. The molecule has 3 rings (SSSR count). The van der Waals surface area contributed by atoms with Gasteiger partial charge in [0, 0.05) is 17.4 Å². The second-order valence-corrected chi connectivity index (χ2v) is 5.08. The highest BCUT2D eigenvalue weighted by molar-refractivity contribution is 9.10. The third-order valence-electron chi connectivity index (χ3n) is 2.85. The molecule has 0 aliphatic carbocycles. The van der Waals surface area contributed by atoms with Crippen molar-refractivity contribution in [3.8, 4) is 11.3 Å². The molecule has 21 heavy (non-hydrogen) atoms. The van der Waals surface area contributed by atoms with E-state index in [1.807, 2.05) is 24.3 Å². The first kappa shape index (κ1) is 13.5. The van der Waals surface area contributed by atoms with Crippen LogP contribution in [0.4, 0.5) is 5.69 Å². The Labute approximate surface area is 129 Å². The van der Waals surface area contributed by atoms with Crippen molar-refractivity contribution < 1.29 is 9.21 Å². The van der Waals surface area contributed by atoms with Gasteiger partial charge in [0.25, 0.3) is 5.91 Å². The molecule has 0 saturated heterocycles. The molecule has 0 unspecified atom stereocenters. The number of benzene rings is 1. The molecule has 0 aliphatic rings. The van der Waals surface area contributed by atoms with Crippen molar-refractivity contribution in [2.45, 2.75) is 0 Å². The molecule has 1 aromatic carbocycles. The van der Waals surface area contributed by atoms with Gasteiger partial charge in [-0.15, -0.1) is 0 Å².